The number of halogens is 1. The van der Waals surface area contributed by atoms with Crippen LogP contribution in [-0.4, -0.2) is 38.0 Å². The summed E-state index contributed by atoms with van der Waals surface area (Å²) in [6, 6.07) is 9.19. The molecule has 1 amide bonds. The maximum absolute atomic E-state index is 13.1. The van der Waals surface area contributed by atoms with Gasteiger partial charge in [0.25, 0.3) is 0 Å². The van der Waals surface area contributed by atoms with Crippen LogP contribution in [0.2, 0.25) is 0 Å². The van der Waals surface area contributed by atoms with Crippen LogP contribution in [0, 0.1) is 5.82 Å². The van der Waals surface area contributed by atoms with E-state index < -0.39 is 21.9 Å². The van der Waals surface area contributed by atoms with Gasteiger partial charge in [-0.05, 0) is 54.8 Å². The monoisotopic (exact) mass is 406 g/mol. The van der Waals surface area contributed by atoms with Crippen LogP contribution >= 0.6 is 0 Å². The minimum Gasteiger partial charge on any atom is -0.454 e. The summed E-state index contributed by atoms with van der Waals surface area (Å²) in [5, 5.41) is 2.79. The van der Waals surface area contributed by atoms with Gasteiger partial charge in [-0.25, -0.2) is 12.8 Å². The first-order valence-corrected chi connectivity index (χ1v) is 10.3. The Bertz CT molecular complexity index is 994. The van der Waals surface area contributed by atoms with E-state index in [4.69, 9.17) is 9.47 Å². The van der Waals surface area contributed by atoms with Crippen molar-refractivity contribution in [3.05, 3.63) is 53.8 Å². The highest BCUT2D eigenvalue weighted by atomic mass is 32.2. The lowest BCUT2D eigenvalue weighted by atomic mass is 10.2. The topological polar surface area (TPSA) is 84.9 Å². The summed E-state index contributed by atoms with van der Waals surface area (Å²) >= 11 is 0. The number of hydrogen-bond acceptors (Lipinski definition) is 5. The van der Waals surface area contributed by atoms with Gasteiger partial charge in [-0.15, -0.1) is 0 Å². The maximum atomic E-state index is 13.1. The molecule has 1 atom stereocenters. The fourth-order valence-corrected chi connectivity index (χ4v) is 5.05. The summed E-state index contributed by atoms with van der Waals surface area (Å²) < 4.78 is 50.6. The summed E-state index contributed by atoms with van der Waals surface area (Å²) in [4.78, 5) is 12.6. The van der Waals surface area contributed by atoms with Crippen LogP contribution in [0.1, 0.15) is 18.4 Å². The fourth-order valence-electron chi connectivity index (χ4n) is 3.39. The highest BCUT2D eigenvalue weighted by molar-refractivity contribution is 7.89. The minimum absolute atomic E-state index is 0.0237. The summed E-state index contributed by atoms with van der Waals surface area (Å²) in [5.74, 6) is 0.398. The summed E-state index contributed by atoms with van der Waals surface area (Å²) in [6.45, 7) is 0.668. The summed E-state index contributed by atoms with van der Waals surface area (Å²) in [6.07, 6.45) is 1.02. The SMILES string of the molecule is O=C(NCc1ccc2c(c1)OCO2)C1CCCN1S(=O)(=O)c1ccc(F)cc1. The first kappa shape index (κ1) is 18.7. The number of sulfonamides is 1. The lowest BCUT2D eigenvalue weighted by Gasteiger charge is -2.23. The minimum atomic E-state index is -3.87. The number of fused-ring (bicyclic) bond motifs is 1. The van der Waals surface area contributed by atoms with E-state index in [1.165, 1.54) is 16.4 Å². The molecule has 4 rings (SSSR count). The first-order chi connectivity index (χ1) is 13.4. The average molecular weight is 406 g/mol. The Labute approximate surface area is 162 Å². The molecule has 2 aromatic carbocycles. The number of ether oxygens (including phenoxy) is 2. The molecule has 1 saturated heterocycles. The highest BCUT2D eigenvalue weighted by Gasteiger charge is 2.39. The number of hydrogen-bond donors (Lipinski definition) is 1. The number of amides is 1. The van der Waals surface area contributed by atoms with Crippen LogP contribution in [0.15, 0.2) is 47.4 Å². The largest absolute Gasteiger partial charge is 0.454 e. The Morgan fingerprint density at radius 1 is 1.14 bits per heavy atom. The molecule has 9 heteroatoms. The molecule has 1 N–H and O–H groups in total. The molecular weight excluding hydrogens is 387 g/mol. The number of carbonyl (C=O) groups is 1. The number of nitrogens with one attached hydrogen (secondary N) is 1. The van der Waals surface area contributed by atoms with Crippen LogP contribution in [0.4, 0.5) is 4.39 Å². The van der Waals surface area contributed by atoms with Crippen molar-refractivity contribution in [1.29, 1.82) is 0 Å². The molecule has 2 heterocycles. The predicted octanol–water partition coefficient (Wildman–Crippen LogP) is 2.02. The van der Waals surface area contributed by atoms with E-state index in [-0.39, 0.29) is 30.7 Å². The molecule has 2 aromatic rings. The zero-order chi connectivity index (χ0) is 19.7. The predicted molar refractivity (Wildman–Crippen MR) is 97.7 cm³/mol. The van der Waals surface area contributed by atoms with Gasteiger partial charge in [-0.1, -0.05) is 6.07 Å². The molecule has 1 unspecified atom stereocenters. The van der Waals surface area contributed by atoms with Gasteiger partial charge < -0.3 is 14.8 Å². The van der Waals surface area contributed by atoms with E-state index in [2.05, 4.69) is 5.32 Å². The molecule has 0 radical (unpaired) electrons. The van der Waals surface area contributed by atoms with Crippen LogP contribution < -0.4 is 14.8 Å². The van der Waals surface area contributed by atoms with Gasteiger partial charge in [-0.2, -0.15) is 4.31 Å². The smallest absolute Gasteiger partial charge is 0.243 e. The van der Waals surface area contributed by atoms with Gasteiger partial charge in [0.1, 0.15) is 11.9 Å². The second-order valence-corrected chi connectivity index (χ2v) is 8.52. The molecule has 28 heavy (non-hydrogen) atoms. The van der Waals surface area contributed by atoms with Gasteiger partial charge in [0, 0.05) is 13.1 Å². The van der Waals surface area contributed by atoms with Crippen molar-refractivity contribution < 1.29 is 27.1 Å². The van der Waals surface area contributed by atoms with Crippen LogP contribution in [0.3, 0.4) is 0 Å². The highest BCUT2D eigenvalue weighted by Crippen LogP contribution is 2.32. The molecule has 0 saturated carbocycles. The molecule has 0 aliphatic carbocycles. The van der Waals surface area contributed by atoms with Crippen molar-refractivity contribution in [2.24, 2.45) is 0 Å². The molecule has 1 fully saturated rings. The number of rotatable bonds is 5. The zero-order valence-electron chi connectivity index (χ0n) is 14.9. The average Bonchev–Trinajstić information content (AvgIpc) is 3.35. The molecule has 0 spiro atoms. The van der Waals surface area contributed by atoms with Gasteiger partial charge in [0.15, 0.2) is 11.5 Å². The van der Waals surface area contributed by atoms with Crippen molar-refractivity contribution in [3.8, 4) is 11.5 Å². The van der Waals surface area contributed by atoms with Gasteiger partial charge >= 0.3 is 0 Å². The third-order valence-corrected chi connectivity index (χ3v) is 6.75. The van der Waals surface area contributed by atoms with E-state index in [1.807, 2.05) is 6.07 Å². The van der Waals surface area contributed by atoms with Crippen LogP contribution in [0.25, 0.3) is 0 Å². The number of benzene rings is 2. The second-order valence-electron chi connectivity index (χ2n) is 6.63. The van der Waals surface area contributed by atoms with Gasteiger partial charge in [0.2, 0.25) is 22.7 Å². The Kier molecular flexibility index (Phi) is 4.94. The number of nitrogens with zero attached hydrogens (tertiary/aromatic N) is 1. The van der Waals surface area contributed by atoms with E-state index >= 15 is 0 Å². The lowest BCUT2D eigenvalue weighted by Crippen LogP contribution is -2.45. The van der Waals surface area contributed by atoms with Crippen LogP contribution in [-0.2, 0) is 21.4 Å². The lowest BCUT2D eigenvalue weighted by molar-refractivity contribution is -0.124. The molecule has 0 aromatic heterocycles. The summed E-state index contributed by atoms with van der Waals surface area (Å²) in [7, 11) is -3.87. The van der Waals surface area contributed by atoms with E-state index in [0.717, 1.165) is 17.7 Å². The number of carbonyl (C=O) groups excluding carboxylic acids is 1. The Balaban J connectivity index is 1.45. The fraction of sp³-hybridized carbons (Fsp3) is 0.316. The van der Waals surface area contributed by atoms with Gasteiger partial charge in [-0.3, -0.25) is 4.79 Å². The Morgan fingerprint density at radius 3 is 2.68 bits per heavy atom. The molecule has 0 bridgehead atoms. The molecular formula is C19H19FN2O5S. The third-order valence-electron chi connectivity index (χ3n) is 4.83. The Hall–Kier alpha value is -2.65. The van der Waals surface area contributed by atoms with E-state index in [0.29, 0.717) is 24.3 Å². The van der Waals surface area contributed by atoms with Crippen molar-refractivity contribution in [2.75, 3.05) is 13.3 Å². The zero-order valence-corrected chi connectivity index (χ0v) is 15.7. The molecule has 7 nitrogen and oxygen atoms in total. The molecule has 148 valence electrons. The van der Waals surface area contributed by atoms with Crippen molar-refractivity contribution in [3.63, 3.8) is 0 Å². The van der Waals surface area contributed by atoms with Crippen molar-refractivity contribution in [1.82, 2.24) is 9.62 Å². The molecule has 2 aliphatic heterocycles. The maximum Gasteiger partial charge on any atom is 0.243 e. The van der Waals surface area contributed by atoms with E-state index in [1.54, 1.807) is 12.1 Å². The molecule has 2 aliphatic rings. The first-order valence-electron chi connectivity index (χ1n) is 8.89. The van der Waals surface area contributed by atoms with Crippen molar-refractivity contribution >= 4 is 15.9 Å². The van der Waals surface area contributed by atoms with E-state index in [9.17, 15) is 17.6 Å². The van der Waals surface area contributed by atoms with Crippen molar-refractivity contribution in [2.45, 2.75) is 30.3 Å². The third kappa shape index (κ3) is 3.55. The Morgan fingerprint density at radius 2 is 1.89 bits per heavy atom. The van der Waals surface area contributed by atoms with Crippen LogP contribution in [0.5, 0.6) is 11.5 Å². The summed E-state index contributed by atoms with van der Waals surface area (Å²) in [5.41, 5.74) is 0.823. The quantitative estimate of drug-likeness (QED) is 0.821. The standard InChI is InChI=1S/C19H19FN2O5S/c20-14-4-6-15(7-5-14)28(24,25)22-9-1-2-16(22)19(23)21-11-13-3-8-17-18(10-13)27-12-26-17/h3-8,10,16H,1-2,9,11-12H2,(H,21,23). The van der Waals surface area contributed by atoms with Gasteiger partial charge in [0.05, 0.1) is 4.90 Å². The second kappa shape index (κ2) is 7.40. The normalized spacial score (nSPS) is 19.0.